The summed E-state index contributed by atoms with van der Waals surface area (Å²) in [5.74, 6) is -0.133. The SMILES string of the molecule is O=C(NOc1c(Cl)cccc1Cl)c1ccccc1I. The fourth-order valence-corrected chi connectivity index (χ4v) is 2.48. The second-order valence-electron chi connectivity index (χ2n) is 3.56. The second kappa shape index (κ2) is 6.45. The van der Waals surface area contributed by atoms with Gasteiger partial charge in [0.05, 0.1) is 15.6 Å². The van der Waals surface area contributed by atoms with Gasteiger partial charge < -0.3 is 4.84 Å². The minimum atomic E-state index is -0.360. The third-order valence-corrected chi connectivity index (χ3v) is 3.82. The highest BCUT2D eigenvalue weighted by molar-refractivity contribution is 14.1. The molecule has 19 heavy (non-hydrogen) atoms. The summed E-state index contributed by atoms with van der Waals surface area (Å²) in [4.78, 5) is 17.1. The van der Waals surface area contributed by atoms with Gasteiger partial charge in [0.15, 0.2) is 5.75 Å². The van der Waals surface area contributed by atoms with Crippen molar-refractivity contribution in [3.05, 3.63) is 61.6 Å². The van der Waals surface area contributed by atoms with Gasteiger partial charge in [-0.25, -0.2) is 0 Å². The van der Waals surface area contributed by atoms with E-state index in [1.165, 1.54) is 0 Å². The lowest BCUT2D eigenvalue weighted by molar-refractivity contribution is 0.0759. The normalized spacial score (nSPS) is 10.1. The monoisotopic (exact) mass is 407 g/mol. The summed E-state index contributed by atoms with van der Waals surface area (Å²) >= 11 is 13.9. The van der Waals surface area contributed by atoms with E-state index in [0.717, 1.165) is 3.57 Å². The first kappa shape index (κ1) is 14.4. The molecule has 0 unspecified atom stereocenters. The van der Waals surface area contributed by atoms with E-state index in [2.05, 4.69) is 28.1 Å². The van der Waals surface area contributed by atoms with Crippen molar-refractivity contribution in [2.24, 2.45) is 0 Å². The van der Waals surface area contributed by atoms with Crippen molar-refractivity contribution >= 4 is 51.7 Å². The van der Waals surface area contributed by atoms with Gasteiger partial charge in [-0.1, -0.05) is 41.4 Å². The van der Waals surface area contributed by atoms with Crippen molar-refractivity contribution in [1.29, 1.82) is 0 Å². The number of halogens is 3. The fourth-order valence-electron chi connectivity index (χ4n) is 1.38. The van der Waals surface area contributed by atoms with Crippen molar-refractivity contribution in [1.82, 2.24) is 5.48 Å². The Hall–Kier alpha value is -0.980. The standard InChI is InChI=1S/C13H8Cl2INO2/c14-9-5-3-6-10(15)12(9)19-17-13(18)8-4-1-2-7-11(8)16/h1-7H,(H,17,18). The third kappa shape index (κ3) is 3.52. The van der Waals surface area contributed by atoms with Crippen molar-refractivity contribution in [3.63, 3.8) is 0 Å². The van der Waals surface area contributed by atoms with Crippen molar-refractivity contribution < 1.29 is 9.63 Å². The van der Waals surface area contributed by atoms with E-state index in [9.17, 15) is 4.79 Å². The summed E-state index contributed by atoms with van der Waals surface area (Å²) < 4.78 is 0.825. The van der Waals surface area contributed by atoms with Crippen molar-refractivity contribution in [2.45, 2.75) is 0 Å². The summed E-state index contributed by atoms with van der Waals surface area (Å²) in [7, 11) is 0. The van der Waals surface area contributed by atoms with Crippen LogP contribution in [-0.2, 0) is 0 Å². The molecule has 98 valence electrons. The molecule has 0 aromatic heterocycles. The highest BCUT2D eigenvalue weighted by atomic mass is 127. The van der Waals surface area contributed by atoms with Crippen molar-refractivity contribution in [3.8, 4) is 5.75 Å². The molecule has 3 nitrogen and oxygen atoms in total. The molecule has 0 saturated heterocycles. The molecule has 0 saturated carbocycles. The first-order valence-corrected chi connectivity index (χ1v) is 7.09. The van der Waals surface area contributed by atoms with Gasteiger partial charge in [-0.05, 0) is 46.9 Å². The second-order valence-corrected chi connectivity index (χ2v) is 5.54. The van der Waals surface area contributed by atoms with Crippen molar-refractivity contribution in [2.75, 3.05) is 0 Å². The van der Waals surface area contributed by atoms with E-state index in [1.807, 2.05) is 12.1 Å². The molecule has 0 atom stereocenters. The van der Waals surface area contributed by atoms with Crippen LogP contribution in [0.4, 0.5) is 0 Å². The molecule has 2 rings (SSSR count). The molecule has 6 heteroatoms. The van der Waals surface area contributed by atoms with Crippen LogP contribution in [0, 0.1) is 3.57 Å². The van der Waals surface area contributed by atoms with Gasteiger partial charge in [-0.15, -0.1) is 0 Å². The average molecular weight is 408 g/mol. The molecular weight excluding hydrogens is 400 g/mol. The van der Waals surface area contributed by atoms with E-state index in [0.29, 0.717) is 15.6 Å². The van der Waals surface area contributed by atoms with Gasteiger partial charge in [0.2, 0.25) is 0 Å². The number of carbonyl (C=O) groups excluding carboxylic acids is 1. The molecule has 0 spiro atoms. The third-order valence-electron chi connectivity index (χ3n) is 2.28. The van der Waals surface area contributed by atoms with Crippen LogP contribution in [-0.4, -0.2) is 5.91 Å². The molecule has 2 aromatic rings. The Morgan fingerprint density at radius 1 is 1.05 bits per heavy atom. The Bertz CT molecular complexity index is 599. The van der Waals surface area contributed by atoms with Crippen LogP contribution in [0.15, 0.2) is 42.5 Å². The van der Waals surface area contributed by atoms with Crippen LogP contribution in [0.25, 0.3) is 0 Å². The Labute approximate surface area is 134 Å². The zero-order valence-corrected chi connectivity index (χ0v) is 13.2. The Morgan fingerprint density at radius 2 is 1.68 bits per heavy atom. The summed E-state index contributed by atoms with van der Waals surface area (Å²) in [6.07, 6.45) is 0. The zero-order chi connectivity index (χ0) is 13.8. The number of rotatable bonds is 3. The molecule has 0 aliphatic carbocycles. The number of benzene rings is 2. The van der Waals surface area contributed by atoms with Crippen LogP contribution >= 0.6 is 45.8 Å². The topological polar surface area (TPSA) is 38.3 Å². The van der Waals surface area contributed by atoms with Crippen LogP contribution in [0.5, 0.6) is 5.75 Å². The molecule has 1 amide bonds. The molecule has 0 radical (unpaired) electrons. The van der Waals surface area contributed by atoms with E-state index >= 15 is 0 Å². The van der Waals surface area contributed by atoms with Crippen LogP contribution in [0.2, 0.25) is 10.0 Å². The molecule has 2 aromatic carbocycles. The summed E-state index contributed by atoms with van der Waals surface area (Å²) in [6, 6.07) is 12.1. The predicted octanol–water partition coefficient (Wildman–Crippen LogP) is 4.32. The minimum absolute atomic E-state index is 0.227. The summed E-state index contributed by atoms with van der Waals surface area (Å²) in [5.41, 5.74) is 2.84. The quantitative estimate of drug-likeness (QED) is 0.607. The summed E-state index contributed by atoms with van der Waals surface area (Å²) in [5, 5.41) is 0.658. The number of para-hydroxylation sites is 1. The molecule has 0 aliphatic heterocycles. The van der Waals surface area contributed by atoms with Gasteiger partial charge >= 0.3 is 0 Å². The maximum atomic E-state index is 11.9. The largest absolute Gasteiger partial charge is 0.376 e. The number of hydrogen-bond donors (Lipinski definition) is 1. The minimum Gasteiger partial charge on any atom is -0.376 e. The number of hydroxylamine groups is 1. The molecule has 0 heterocycles. The Kier molecular flexibility index (Phi) is 4.90. The lowest BCUT2D eigenvalue weighted by Crippen LogP contribution is -2.27. The lowest BCUT2D eigenvalue weighted by atomic mass is 10.2. The predicted molar refractivity (Wildman–Crippen MR) is 83.7 cm³/mol. The Morgan fingerprint density at radius 3 is 2.32 bits per heavy atom. The first-order valence-electron chi connectivity index (χ1n) is 5.25. The summed E-state index contributed by atoms with van der Waals surface area (Å²) in [6.45, 7) is 0. The fraction of sp³-hybridized carbons (Fsp3) is 0. The Balaban J connectivity index is 2.11. The number of nitrogens with one attached hydrogen (secondary N) is 1. The van der Waals surface area contributed by atoms with Gasteiger partial charge in [0, 0.05) is 3.57 Å². The van der Waals surface area contributed by atoms with Crippen LogP contribution < -0.4 is 10.3 Å². The number of carbonyl (C=O) groups is 1. The molecular formula is C13H8Cl2INO2. The number of hydrogen-bond acceptors (Lipinski definition) is 2. The van der Waals surface area contributed by atoms with E-state index in [-0.39, 0.29) is 11.7 Å². The number of amides is 1. The highest BCUT2D eigenvalue weighted by Crippen LogP contribution is 2.31. The van der Waals surface area contributed by atoms with E-state index < -0.39 is 0 Å². The van der Waals surface area contributed by atoms with Gasteiger partial charge in [-0.2, -0.15) is 5.48 Å². The van der Waals surface area contributed by atoms with Crippen LogP contribution in [0.1, 0.15) is 10.4 Å². The average Bonchev–Trinajstić information content (AvgIpc) is 2.38. The van der Waals surface area contributed by atoms with Gasteiger partial charge in [-0.3, -0.25) is 4.79 Å². The van der Waals surface area contributed by atoms with Crippen LogP contribution in [0.3, 0.4) is 0 Å². The van der Waals surface area contributed by atoms with E-state index in [4.69, 9.17) is 28.0 Å². The van der Waals surface area contributed by atoms with Gasteiger partial charge in [0.1, 0.15) is 0 Å². The molecule has 1 N–H and O–H groups in total. The van der Waals surface area contributed by atoms with E-state index in [1.54, 1.807) is 30.3 Å². The smallest absolute Gasteiger partial charge is 0.284 e. The molecule has 0 fully saturated rings. The van der Waals surface area contributed by atoms with Gasteiger partial charge in [0.25, 0.3) is 5.91 Å². The molecule has 0 bridgehead atoms. The first-order chi connectivity index (χ1) is 9.09. The maximum Gasteiger partial charge on any atom is 0.284 e. The highest BCUT2D eigenvalue weighted by Gasteiger charge is 2.12. The maximum absolute atomic E-state index is 11.9. The lowest BCUT2D eigenvalue weighted by Gasteiger charge is -2.10. The molecule has 0 aliphatic rings. The zero-order valence-electron chi connectivity index (χ0n) is 9.49.